The smallest absolute Gasteiger partial charge is 0.220 e. The number of anilines is 1. The van der Waals surface area contributed by atoms with Gasteiger partial charge in [0.05, 0.1) is 0 Å². The molecule has 2 rings (SSSR count). The lowest BCUT2D eigenvalue weighted by Crippen LogP contribution is -2.18. The van der Waals surface area contributed by atoms with Crippen LogP contribution in [0.3, 0.4) is 0 Å². The van der Waals surface area contributed by atoms with Crippen LogP contribution in [0.5, 0.6) is 0 Å². The molecule has 0 aliphatic carbocycles. The summed E-state index contributed by atoms with van der Waals surface area (Å²) in [7, 11) is 1.68. The Morgan fingerprint density at radius 2 is 1.88 bits per heavy atom. The van der Waals surface area contributed by atoms with E-state index in [1.54, 1.807) is 7.05 Å². The number of amides is 1. The van der Waals surface area contributed by atoms with E-state index in [1.807, 2.05) is 0 Å². The number of aryl methyl sites for hydroxylation is 1. The van der Waals surface area contributed by atoms with Crippen LogP contribution in [-0.4, -0.2) is 26.0 Å². The Balaban J connectivity index is 1.90. The lowest BCUT2D eigenvalue weighted by atomic mass is 10.1. The van der Waals surface area contributed by atoms with Crippen molar-refractivity contribution < 1.29 is 4.79 Å². The predicted octanol–water partition coefficient (Wildman–Crippen LogP) is 1.97. The van der Waals surface area contributed by atoms with Gasteiger partial charge in [0.25, 0.3) is 0 Å². The van der Waals surface area contributed by atoms with Crippen LogP contribution in [0, 0.1) is 0 Å². The Morgan fingerprint density at radius 1 is 1.24 bits per heavy atom. The van der Waals surface area contributed by atoms with Gasteiger partial charge in [-0.1, -0.05) is 12.1 Å². The van der Waals surface area contributed by atoms with E-state index in [0.29, 0.717) is 6.42 Å². The van der Waals surface area contributed by atoms with Gasteiger partial charge in [-0.3, -0.25) is 4.79 Å². The Kier molecular flexibility index (Phi) is 4.02. The molecule has 1 fully saturated rings. The maximum atomic E-state index is 11.1. The van der Waals surface area contributed by atoms with E-state index in [4.69, 9.17) is 0 Å². The second-order valence-corrected chi connectivity index (χ2v) is 4.53. The highest BCUT2D eigenvalue weighted by molar-refractivity contribution is 5.75. The number of carbonyl (C=O) groups excluding carboxylic acids is 1. The average Bonchev–Trinajstić information content (AvgIpc) is 2.90. The van der Waals surface area contributed by atoms with Gasteiger partial charge in [-0.25, -0.2) is 0 Å². The number of nitrogens with one attached hydrogen (secondary N) is 1. The molecule has 0 spiro atoms. The van der Waals surface area contributed by atoms with Crippen LogP contribution >= 0.6 is 0 Å². The molecule has 0 saturated carbocycles. The molecule has 0 atom stereocenters. The van der Waals surface area contributed by atoms with Crippen LogP contribution in [0.4, 0.5) is 5.69 Å². The first-order valence-electron chi connectivity index (χ1n) is 6.34. The number of benzene rings is 1. The Labute approximate surface area is 103 Å². The molecule has 1 aliphatic heterocycles. The molecule has 0 aromatic heterocycles. The summed E-state index contributed by atoms with van der Waals surface area (Å²) in [6.45, 7) is 2.36. The first-order valence-corrected chi connectivity index (χ1v) is 6.34. The van der Waals surface area contributed by atoms with Crippen molar-refractivity contribution in [2.24, 2.45) is 0 Å². The van der Waals surface area contributed by atoms with Crippen LogP contribution in [0.15, 0.2) is 24.3 Å². The van der Waals surface area contributed by atoms with Crippen molar-refractivity contribution in [2.75, 3.05) is 25.0 Å². The second kappa shape index (κ2) is 5.71. The normalized spacial score (nSPS) is 15.0. The van der Waals surface area contributed by atoms with E-state index >= 15 is 0 Å². The molecule has 1 N–H and O–H groups in total. The molecule has 0 bridgehead atoms. The molecule has 1 amide bonds. The minimum absolute atomic E-state index is 0.105. The van der Waals surface area contributed by atoms with Crippen molar-refractivity contribution in [2.45, 2.75) is 25.7 Å². The highest BCUT2D eigenvalue weighted by Crippen LogP contribution is 2.20. The largest absolute Gasteiger partial charge is 0.372 e. The van der Waals surface area contributed by atoms with Crippen molar-refractivity contribution in [1.29, 1.82) is 0 Å². The summed E-state index contributed by atoms with van der Waals surface area (Å²) in [4.78, 5) is 13.6. The highest BCUT2D eigenvalue weighted by Gasteiger charge is 2.11. The van der Waals surface area contributed by atoms with Crippen LogP contribution in [0.25, 0.3) is 0 Å². The summed E-state index contributed by atoms with van der Waals surface area (Å²) in [5.41, 5.74) is 2.54. The summed E-state index contributed by atoms with van der Waals surface area (Å²) in [5, 5.41) is 2.64. The van der Waals surface area contributed by atoms with Gasteiger partial charge < -0.3 is 10.2 Å². The van der Waals surface area contributed by atoms with E-state index < -0.39 is 0 Å². The Hall–Kier alpha value is -1.51. The SMILES string of the molecule is CNC(=O)CCc1ccc(N2CCCC2)cc1. The first-order chi connectivity index (χ1) is 8.29. The Morgan fingerprint density at radius 3 is 2.47 bits per heavy atom. The molecule has 0 unspecified atom stereocenters. The van der Waals surface area contributed by atoms with Gasteiger partial charge in [-0.15, -0.1) is 0 Å². The standard InChI is InChI=1S/C14H20N2O/c1-15-14(17)9-6-12-4-7-13(8-5-12)16-10-2-3-11-16/h4-5,7-8H,2-3,6,9-11H2,1H3,(H,15,17). The van der Waals surface area contributed by atoms with Gasteiger partial charge in [0.1, 0.15) is 0 Å². The van der Waals surface area contributed by atoms with Gasteiger partial charge in [-0.2, -0.15) is 0 Å². The van der Waals surface area contributed by atoms with E-state index in [9.17, 15) is 4.79 Å². The van der Waals surface area contributed by atoms with Crippen molar-refractivity contribution in [1.82, 2.24) is 5.32 Å². The fraction of sp³-hybridized carbons (Fsp3) is 0.500. The molecule has 3 nitrogen and oxygen atoms in total. The zero-order valence-corrected chi connectivity index (χ0v) is 10.4. The molecule has 92 valence electrons. The van der Waals surface area contributed by atoms with Crippen LogP contribution in [0.2, 0.25) is 0 Å². The van der Waals surface area contributed by atoms with Crippen molar-refractivity contribution in [3.05, 3.63) is 29.8 Å². The zero-order valence-electron chi connectivity index (χ0n) is 10.4. The number of hydrogen-bond donors (Lipinski definition) is 1. The maximum Gasteiger partial charge on any atom is 0.220 e. The third-order valence-electron chi connectivity index (χ3n) is 3.33. The summed E-state index contributed by atoms with van der Waals surface area (Å²) < 4.78 is 0. The van der Waals surface area contributed by atoms with Crippen molar-refractivity contribution in [3.8, 4) is 0 Å². The fourth-order valence-corrected chi connectivity index (χ4v) is 2.23. The molecule has 1 saturated heterocycles. The highest BCUT2D eigenvalue weighted by atomic mass is 16.1. The molecule has 1 aromatic carbocycles. The van der Waals surface area contributed by atoms with E-state index in [2.05, 4.69) is 34.5 Å². The topological polar surface area (TPSA) is 32.3 Å². The first kappa shape index (κ1) is 12.0. The van der Waals surface area contributed by atoms with Gasteiger partial charge in [-0.05, 0) is 37.0 Å². The number of hydrogen-bond acceptors (Lipinski definition) is 2. The van der Waals surface area contributed by atoms with Crippen LogP contribution < -0.4 is 10.2 Å². The number of nitrogens with zero attached hydrogens (tertiary/aromatic N) is 1. The average molecular weight is 232 g/mol. The van der Waals surface area contributed by atoms with Gasteiger partial charge >= 0.3 is 0 Å². The lowest BCUT2D eigenvalue weighted by Gasteiger charge is -2.17. The quantitative estimate of drug-likeness (QED) is 0.860. The number of rotatable bonds is 4. The van der Waals surface area contributed by atoms with E-state index in [-0.39, 0.29) is 5.91 Å². The minimum Gasteiger partial charge on any atom is -0.372 e. The van der Waals surface area contributed by atoms with Crippen LogP contribution in [-0.2, 0) is 11.2 Å². The molecule has 17 heavy (non-hydrogen) atoms. The van der Waals surface area contributed by atoms with Gasteiger partial charge in [0.2, 0.25) is 5.91 Å². The molecule has 1 aromatic rings. The Bertz CT molecular complexity index is 366. The molecule has 1 aliphatic rings. The summed E-state index contributed by atoms with van der Waals surface area (Å²) >= 11 is 0. The third-order valence-corrected chi connectivity index (χ3v) is 3.33. The molecular weight excluding hydrogens is 212 g/mol. The fourth-order valence-electron chi connectivity index (χ4n) is 2.23. The predicted molar refractivity (Wildman–Crippen MR) is 70.3 cm³/mol. The monoisotopic (exact) mass is 232 g/mol. The minimum atomic E-state index is 0.105. The van der Waals surface area contributed by atoms with Crippen LogP contribution in [0.1, 0.15) is 24.8 Å². The summed E-state index contributed by atoms with van der Waals surface area (Å²) in [5.74, 6) is 0.105. The van der Waals surface area contributed by atoms with E-state index in [1.165, 1.54) is 37.2 Å². The van der Waals surface area contributed by atoms with Gasteiger partial charge in [0, 0.05) is 32.2 Å². The molecule has 3 heteroatoms. The van der Waals surface area contributed by atoms with Gasteiger partial charge in [0.15, 0.2) is 0 Å². The molecule has 1 heterocycles. The molecular formula is C14H20N2O. The number of carbonyl (C=O) groups is 1. The zero-order chi connectivity index (χ0) is 12.1. The lowest BCUT2D eigenvalue weighted by molar-refractivity contribution is -0.120. The summed E-state index contributed by atoms with van der Waals surface area (Å²) in [6, 6.07) is 8.61. The maximum absolute atomic E-state index is 11.1. The third kappa shape index (κ3) is 3.22. The van der Waals surface area contributed by atoms with Crippen molar-refractivity contribution in [3.63, 3.8) is 0 Å². The summed E-state index contributed by atoms with van der Waals surface area (Å²) in [6.07, 6.45) is 4.00. The van der Waals surface area contributed by atoms with E-state index in [0.717, 1.165) is 6.42 Å². The molecule has 0 radical (unpaired) electrons. The van der Waals surface area contributed by atoms with Crippen molar-refractivity contribution >= 4 is 11.6 Å². The second-order valence-electron chi connectivity index (χ2n) is 4.53.